The second-order valence-corrected chi connectivity index (χ2v) is 7.12. The number of aliphatic hydroxyl groups is 1. The SMILES string of the molecule is CC(C)(C)OC(=O)n1c(/C=C\CCCO)c(CCNO)c2ccccc21. The van der Waals surface area contributed by atoms with Crippen LogP contribution in [0.15, 0.2) is 30.3 Å². The van der Waals surface area contributed by atoms with E-state index in [9.17, 15) is 4.79 Å². The van der Waals surface area contributed by atoms with Gasteiger partial charge in [0.05, 0.1) is 11.2 Å². The first-order valence-electron chi connectivity index (χ1n) is 8.89. The first-order valence-corrected chi connectivity index (χ1v) is 8.89. The van der Waals surface area contributed by atoms with Crippen LogP contribution in [0.1, 0.15) is 44.9 Å². The minimum atomic E-state index is -0.604. The van der Waals surface area contributed by atoms with Crippen LogP contribution < -0.4 is 5.48 Å². The number of para-hydroxylation sites is 1. The quantitative estimate of drug-likeness (QED) is 0.517. The lowest BCUT2D eigenvalue weighted by atomic mass is 10.1. The second kappa shape index (κ2) is 8.98. The molecule has 0 aliphatic rings. The van der Waals surface area contributed by atoms with E-state index in [1.807, 2.05) is 57.2 Å². The number of aliphatic hydroxyl groups excluding tert-OH is 1. The molecular weight excluding hydrogens is 332 g/mol. The number of rotatable bonds is 7. The van der Waals surface area contributed by atoms with Crippen molar-refractivity contribution in [2.45, 2.75) is 45.6 Å². The van der Waals surface area contributed by atoms with Gasteiger partial charge in [-0.25, -0.2) is 14.8 Å². The van der Waals surface area contributed by atoms with Crippen LogP contribution in [0.5, 0.6) is 0 Å². The molecule has 0 saturated carbocycles. The van der Waals surface area contributed by atoms with Gasteiger partial charge < -0.3 is 15.1 Å². The van der Waals surface area contributed by atoms with Crippen LogP contribution >= 0.6 is 0 Å². The summed E-state index contributed by atoms with van der Waals surface area (Å²) in [5, 5.41) is 18.9. The minimum Gasteiger partial charge on any atom is -0.443 e. The highest BCUT2D eigenvalue weighted by Gasteiger charge is 2.24. The fourth-order valence-electron chi connectivity index (χ4n) is 2.85. The molecule has 0 unspecified atom stereocenters. The molecule has 1 heterocycles. The van der Waals surface area contributed by atoms with Gasteiger partial charge in [0, 0.05) is 18.5 Å². The van der Waals surface area contributed by atoms with E-state index in [1.54, 1.807) is 4.57 Å². The zero-order valence-electron chi connectivity index (χ0n) is 15.7. The lowest BCUT2D eigenvalue weighted by molar-refractivity contribution is 0.0543. The van der Waals surface area contributed by atoms with Gasteiger partial charge in [-0.2, -0.15) is 0 Å². The Bertz CT molecular complexity index is 772. The molecule has 2 rings (SSSR count). The highest BCUT2D eigenvalue weighted by Crippen LogP contribution is 2.29. The van der Waals surface area contributed by atoms with Crippen LogP contribution in [0.2, 0.25) is 0 Å². The normalized spacial score (nSPS) is 12.2. The maximum absolute atomic E-state index is 12.9. The fourth-order valence-corrected chi connectivity index (χ4v) is 2.85. The fraction of sp³-hybridized carbons (Fsp3) is 0.450. The lowest BCUT2D eigenvalue weighted by Crippen LogP contribution is -2.27. The van der Waals surface area contributed by atoms with Crippen molar-refractivity contribution in [3.63, 3.8) is 0 Å². The van der Waals surface area contributed by atoms with Crippen molar-refractivity contribution in [2.75, 3.05) is 13.2 Å². The van der Waals surface area contributed by atoms with Gasteiger partial charge >= 0.3 is 6.09 Å². The summed E-state index contributed by atoms with van der Waals surface area (Å²) in [4.78, 5) is 12.9. The summed E-state index contributed by atoms with van der Waals surface area (Å²) in [5.74, 6) is 0. The summed E-state index contributed by atoms with van der Waals surface area (Å²) < 4.78 is 7.19. The number of carbonyl (C=O) groups is 1. The van der Waals surface area contributed by atoms with Gasteiger partial charge in [0.15, 0.2) is 0 Å². The molecule has 0 spiro atoms. The van der Waals surface area contributed by atoms with Crippen LogP contribution in [0, 0.1) is 0 Å². The third-order valence-electron chi connectivity index (χ3n) is 3.89. The van der Waals surface area contributed by atoms with E-state index >= 15 is 0 Å². The minimum absolute atomic E-state index is 0.126. The number of aromatic nitrogens is 1. The summed E-state index contributed by atoms with van der Waals surface area (Å²) in [6.45, 7) is 6.01. The highest BCUT2D eigenvalue weighted by molar-refractivity contribution is 5.96. The first kappa shape index (κ1) is 20.2. The van der Waals surface area contributed by atoms with Gasteiger partial charge in [-0.15, -0.1) is 0 Å². The summed E-state index contributed by atoms with van der Waals surface area (Å²) in [7, 11) is 0. The Kier molecular flexibility index (Phi) is 6.97. The van der Waals surface area contributed by atoms with Gasteiger partial charge in [-0.3, -0.25) is 0 Å². The number of hydrogen-bond donors (Lipinski definition) is 3. The summed E-state index contributed by atoms with van der Waals surface area (Å²) >= 11 is 0. The topological polar surface area (TPSA) is 83.7 Å². The van der Waals surface area contributed by atoms with Crippen LogP contribution in [0.25, 0.3) is 17.0 Å². The number of unbranched alkanes of at least 4 members (excludes halogenated alkanes) is 1. The molecule has 1 aromatic carbocycles. The average molecular weight is 360 g/mol. The van der Waals surface area contributed by atoms with Gasteiger partial charge in [0.1, 0.15) is 5.60 Å². The van der Waals surface area contributed by atoms with Crippen LogP contribution in [0.4, 0.5) is 4.79 Å². The summed E-state index contributed by atoms with van der Waals surface area (Å²) in [5.41, 5.74) is 4.06. The van der Waals surface area contributed by atoms with E-state index in [1.165, 1.54) is 0 Å². The molecule has 0 bridgehead atoms. The van der Waals surface area contributed by atoms with Crippen molar-refractivity contribution in [3.8, 4) is 0 Å². The number of hydroxylamine groups is 1. The molecule has 2 aromatic rings. The molecular formula is C20H28N2O4. The Labute approximate surface area is 154 Å². The number of nitrogens with zero attached hydrogens (tertiary/aromatic N) is 1. The molecule has 6 nitrogen and oxygen atoms in total. The molecule has 1 aromatic heterocycles. The average Bonchev–Trinajstić information content (AvgIpc) is 2.89. The van der Waals surface area contributed by atoms with E-state index < -0.39 is 11.7 Å². The maximum atomic E-state index is 12.9. The smallest absolute Gasteiger partial charge is 0.419 e. The predicted octanol–water partition coefficient (Wildman–Crippen LogP) is 3.73. The first-order chi connectivity index (χ1) is 12.4. The number of benzene rings is 1. The van der Waals surface area contributed by atoms with E-state index in [0.717, 1.165) is 22.2 Å². The third kappa shape index (κ3) is 4.94. The number of carbonyl (C=O) groups excluding carboxylic acids is 1. The second-order valence-electron chi connectivity index (χ2n) is 7.12. The maximum Gasteiger partial charge on any atom is 0.419 e. The molecule has 26 heavy (non-hydrogen) atoms. The Balaban J connectivity index is 2.58. The van der Waals surface area contributed by atoms with Crippen molar-refractivity contribution in [3.05, 3.63) is 41.6 Å². The van der Waals surface area contributed by atoms with Crippen molar-refractivity contribution in [2.24, 2.45) is 0 Å². The molecule has 6 heteroatoms. The largest absolute Gasteiger partial charge is 0.443 e. The molecule has 0 radical (unpaired) electrons. The zero-order valence-corrected chi connectivity index (χ0v) is 15.7. The Morgan fingerprint density at radius 3 is 2.69 bits per heavy atom. The predicted molar refractivity (Wildman–Crippen MR) is 102 cm³/mol. The molecule has 0 fully saturated rings. The van der Waals surface area contributed by atoms with Crippen LogP contribution in [-0.2, 0) is 11.2 Å². The standard InChI is InChI=1S/C20H28N2O4/c1-20(2,3)26-19(24)22-17-11-7-6-9-15(17)16(12-13-21-25)18(22)10-5-4-8-14-23/h5-7,9-11,21,23,25H,4,8,12-14H2,1-3H3/b10-5-. The molecule has 142 valence electrons. The molecule has 3 N–H and O–H groups in total. The van der Waals surface area contributed by atoms with Gasteiger partial charge in [-0.1, -0.05) is 24.3 Å². The van der Waals surface area contributed by atoms with E-state index in [2.05, 4.69) is 5.48 Å². The summed E-state index contributed by atoms with van der Waals surface area (Å²) in [6.07, 6.45) is 5.35. The monoisotopic (exact) mass is 360 g/mol. The van der Waals surface area contributed by atoms with Crippen molar-refractivity contribution in [1.29, 1.82) is 0 Å². The molecule has 0 aliphatic heterocycles. The lowest BCUT2D eigenvalue weighted by Gasteiger charge is -2.20. The van der Waals surface area contributed by atoms with Crippen LogP contribution in [-0.4, -0.2) is 39.7 Å². The number of hydrogen-bond acceptors (Lipinski definition) is 5. The zero-order chi connectivity index (χ0) is 19.2. The Morgan fingerprint density at radius 1 is 1.31 bits per heavy atom. The summed E-state index contributed by atoms with van der Waals surface area (Å²) in [6, 6.07) is 7.67. The van der Waals surface area contributed by atoms with Gasteiger partial charge in [0.25, 0.3) is 0 Å². The Morgan fingerprint density at radius 2 is 2.04 bits per heavy atom. The molecule has 0 saturated heterocycles. The van der Waals surface area contributed by atoms with Gasteiger partial charge in [-0.05, 0) is 57.7 Å². The Hall–Kier alpha value is -2.15. The van der Waals surface area contributed by atoms with E-state index in [4.69, 9.17) is 15.1 Å². The number of nitrogens with one attached hydrogen (secondary N) is 1. The number of fused-ring (bicyclic) bond motifs is 1. The van der Waals surface area contributed by atoms with Crippen molar-refractivity contribution >= 4 is 23.1 Å². The van der Waals surface area contributed by atoms with Crippen LogP contribution in [0.3, 0.4) is 0 Å². The van der Waals surface area contributed by atoms with Crippen molar-refractivity contribution < 1.29 is 19.8 Å². The third-order valence-corrected chi connectivity index (χ3v) is 3.89. The van der Waals surface area contributed by atoms with Crippen molar-refractivity contribution in [1.82, 2.24) is 10.0 Å². The molecule has 0 atom stereocenters. The molecule has 0 aliphatic carbocycles. The number of ether oxygens (including phenoxy) is 1. The van der Waals surface area contributed by atoms with Gasteiger partial charge in [0.2, 0.25) is 0 Å². The highest BCUT2D eigenvalue weighted by atomic mass is 16.6. The van der Waals surface area contributed by atoms with E-state index in [-0.39, 0.29) is 6.61 Å². The van der Waals surface area contributed by atoms with E-state index in [0.29, 0.717) is 25.8 Å². The number of allylic oxidation sites excluding steroid dienone is 1. The molecule has 0 amide bonds.